The lowest BCUT2D eigenvalue weighted by Gasteiger charge is -2.41. The molecule has 1 aliphatic carbocycles. The van der Waals surface area contributed by atoms with Crippen LogP contribution in [0.4, 0.5) is 10.2 Å². The fourth-order valence-corrected chi connectivity index (χ4v) is 4.24. The number of nitriles is 1. The summed E-state index contributed by atoms with van der Waals surface area (Å²) < 4.78 is 15.3. The van der Waals surface area contributed by atoms with Crippen molar-refractivity contribution in [3.05, 3.63) is 66.0 Å². The summed E-state index contributed by atoms with van der Waals surface area (Å²) in [5.74, 6) is -0.0117. The van der Waals surface area contributed by atoms with Crippen LogP contribution in [0.15, 0.2) is 54.6 Å². The minimum absolute atomic E-state index is 0.0333. The van der Waals surface area contributed by atoms with Crippen molar-refractivity contribution in [2.75, 3.05) is 5.73 Å². The van der Waals surface area contributed by atoms with Gasteiger partial charge < -0.3 is 10.8 Å². The molecule has 7 heteroatoms. The van der Waals surface area contributed by atoms with Crippen molar-refractivity contribution < 1.29 is 9.50 Å². The van der Waals surface area contributed by atoms with Gasteiger partial charge in [0.05, 0.1) is 22.9 Å². The van der Waals surface area contributed by atoms with Gasteiger partial charge in [-0.15, -0.1) is 0 Å². The third-order valence-electron chi connectivity index (χ3n) is 5.84. The molecule has 0 atom stereocenters. The average Bonchev–Trinajstić information content (AvgIpc) is 3.07. The van der Waals surface area contributed by atoms with Gasteiger partial charge in [-0.1, -0.05) is 30.3 Å². The van der Waals surface area contributed by atoms with Gasteiger partial charge in [-0.3, -0.25) is 0 Å². The van der Waals surface area contributed by atoms with E-state index in [0.29, 0.717) is 46.7 Å². The van der Waals surface area contributed by atoms with Crippen LogP contribution >= 0.6 is 0 Å². The molecule has 0 amide bonds. The molecule has 2 heterocycles. The Bertz CT molecular complexity index is 1360. The van der Waals surface area contributed by atoms with E-state index in [4.69, 9.17) is 10.7 Å². The number of aromatic nitrogens is 3. The molecule has 3 N–H and O–H groups in total. The molecule has 4 aromatic rings. The largest absolute Gasteiger partial charge is 0.390 e. The third-order valence-corrected chi connectivity index (χ3v) is 5.84. The van der Waals surface area contributed by atoms with E-state index < -0.39 is 5.60 Å². The van der Waals surface area contributed by atoms with Gasteiger partial charge in [-0.2, -0.15) is 10.4 Å². The first-order valence-electron chi connectivity index (χ1n) is 10.0. The van der Waals surface area contributed by atoms with Crippen LogP contribution in [0.3, 0.4) is 0 Å². The maximum absolute atomic E-state index is 13.6. The number of nitrogens with zero attached hydrogens (tertiary/aromatic N) is 4. The summed E-state index contributed by atoms with van der Waals surface area (Å²) in [6.45, 7) is 1.78. The Morgan fingerprint density at radius 3 is 2.65 bits per heavy atom. The van der Waals surface area contributed by atoms with Gasteiger partial charge in [0.1, 0.15) is 29.0 Å². The number of nitrogen functional groups attached to an aromatic ring is 1. The molecule has 154 valence electrons. The number of benzene rings is 2. The second kappa shape index (κ2) is 6.89. The number of anilines is 1. The highest BCUT2D eigenvalue weighted by Gasteiger charge is 2.41. The molecule has 1 fully saturated rings. The first-order chi connectivity index (χ1) is 14.8. The standard InChI is InChI=1S/C24H20FN5O/c1-24(31)11-18(12-24)30-23(27)19(13-26)22(29-30)16-6-5-14-7-8-20(28-21(14)10-16)15-3-2-4-17(25)9-15/h2-10,18,31H,11-12,27H2,1H3/t18-,24+. The Kier molecular flexibility index (Phi) is 4.27. The minimum Gasteiger partial charge on any atom is -0.390 e. The Morgan fingerprint density at radius 2 is 1.94 bits per heavy atom. The van der Waals surface area contributed by atoms with Crippen LogP contribution in [0.5, 0.6) is 0 Å². The fourth-order valence-electron chi connectivity index (χ4n) is 4.24. The molecular weight excluding hydrogens is 393 g/mol. The zero-order valence-corrected chi connectivity index (χ0v) is 16.9. The van der Waals surface area contributed by atoms with Crippen LogP contribution in [0.1, 0.15) is 31.4 Å². The van der Waals surface area contributed by atoms with Gasteiger partial charge in [0, 0.05) is 16.5 Å². The lowest BCUT2D eigenvalue weighted by molar-refractivity contribution is -0.0535. The van der Waals surface area contributed by atoms with Gasteiger partial charge in [0.25, 0.3) is 0 Å². The molecule has 0 spiro atoms. The van der Waals surface area contributed by atoms with E-state index in [1.54, 1.807) is 17.7 Å². The van der Waals surface area contributed by atoms with E-state index in [1.807, 2.05) is 36.4 Å². The summed E-state index contributed by atoms with van der Waals surface area (Å²) >= 11 is 0. The van der Waals surface area contributed by atoms with Crippen LogP contribution in [-0.2, 0) is 0 Å². The van der Waals surface area contributed by atoms with Gasteiger partial charge in [-0.05, 0) is 44.0 Å². The van der Waals surface area contributed by atoms with Gasteiger partial charge in [0.15, 0.2) is 0 Å². The summed E-state index contributed by atoms with van der Waals surface area (Å²) in [4.78, 5) is 4.69. The topological polar surface area (TPSA) is 101 Å². The lowest BCUT2D eigenvalue weighted by atomic mass is 9.77. The molecule has 31 heavy (non-hydrogen) atoms. The maximum Gasteiger partial charge on any atom is 0.140 e. The molecule has 5 rings (SSSR count). The van der Waals surface area contributed by atoms with Crippen molar-refractivity contribution in [3.8, 4) is 28.6 Å². The molecule has 1 saturated carbocycles. The van der Waals surface area contributed by atoms with Crippen LogP contribution in [-0.4, -0.2) is 25.5 Å². The van der Waals surface area contributed by atoms with Crippen molar-refractivity contribution in [1.29, 1.82) is 5.26 Å². The predicted octanol–water partition coefficient (Wildman–Crippen LogP) is 4.44. The van der Waals surface area contributed by atoms with E-state index in [-0.39, 0.29) is 11.9 Å². The van der Waals surface area contributed by atoms with E-state index in [2.05, 4.69) is 11.2 Å². The van der Waals surface area contributed by atoms with Crippen molar-refractivity contribution in [2.45, 2.75) is 31.4 Å². The number of nitrogens with two attached hydrogens (primary N) is 1. The fraction of sp³-hybridized carbons (Fsp3) is 0.208. The first kappa shape index (κ1) is 19.2. The predicted molar refractivity (Wildman–Crippen MR) is 116 cm³/mol. The molecule has 0 radical (unpaired) electrons. The highest BCUT2D eigenvalue weighted by molar-refractivity contribution is 5.87. The summed E-state index contributed by atoms with van der Waals surface area (Å²) in [6.07, 6.45) is 1.08. The third kappa shape index (κ3) is 3.31. The molecule has 2 aromatic heterocycles. The quantitative estimate of drug-likeness (QED) is 0.517. The zero-order chi connectivity index (χ0) is 21.8. The Balaban J connectivity index is 1.58. The van der Waals surface area contributed by atoms with E-state index in [0.717, 1.165) is 10.9 Å². The Hall–Kier alpha value is -3.76. The van der Waals surface area contributed by atoms with Crippen LogP contribution in [0, 0.1) is 17.1 Å². The molecular formula is C24H20FN5O. The number of fused-ring (bicyclic) bond motifs is 1. The monoisotopic (exact) mass is 413 g/mol. The van der Waals surface area contributed by atoms with Crippen molar-refractivity contribution in [1.82, 2.24) is 14.8 Å². The van der Waals surface area contributed by atoms with Crippen molar-refractivity contribution >= 4 is 16.7 Å². The highest BCUT2D eigenvalue weighted by atomic mass is 19.1. The number of rotatable bonds is 3. The summed E-state index contributed by atoms with van der Waals surface area (Å²) in [7, 11) is 0. The number of halogens is 1. The maximum atomic E-state index is 13.6. The molecule has 6 nitrogen and oxygen atoms in total. The van der Waals surface area contributed by atoms with Gasteiger partial charge in [-0.25, -0.2) is 14.1 Å². The lowest BCUT2D eigenvalue weighted by Crippen LogP contribution is -2.42. The number of pyridine rings is 1. The van der Waals surface area contributed by atoms with E-state index >= 15 is 0 Å². The highest BCUT2D eigenvalue weighted by Crippen LogP contribution is 2.43. The molecule has 0 saturated heterocycles. The van der Waals surface area contributed by atoms with Crippen LogP contribution in [0.2, 0.25) is 0 Å². The molecule has 0 bridgehead atoms. The zero-order valence-electron chi connectivity index (χ0n) is 16.9. The second-order valence-corrected chi connectivity index (χ2v) is 8.34. The van der Waals surface area contributed by atoms with E-state index in [1.165, 1.54) is 12.1 Å². The molecule has 2 aromatic carbocycles. The van der Waals surface area contributed by atoms with Crippen molar-refractivity contribution in [2.24, 2.45) is 0 Å². The first-order valence-corrected chi connectivity index (χ1v) is 10.0. The van der Waals surface area contributed by atoms with E-state index in [9.17, 15) is 14.8 Å². The molecule has 0 aliphatic heterocycles. The normalized spacial score (nSPS) is 20.4. The summed E-state index contributed by atoms with van der Waals surface area (Å²) in [6, 6.07) is 17.9. The van der Waals surface area contributed by atoms with Crippen LogP contribution in [0.25, 0.3) is 33.4 Å². The smallest absolute Gasteiger partial charge is 0.140 e. The Labute approximate surface area is 178 Å². The number of aliphatic hydroxyl groups is 1. The summed E-state index contributed by atoms with van der Waals surface area (Å²) in [5, 5.41) is 25.3. The molecule has 1 aliphatic rings. The summed E-state index contributed by atoms with van der Waals surface area (Å²) in [5.41, 5.74) is 9.09. The average molecular weight is 413 g/mol. The SMILES string of the molecule is C[C@]1(O)C[C@@H](n2nc(-c3ccc4ccc(-c5cccc(F)c5)nc4c3)c(C#N)c2N)C1. The van der Waals surface area contributed by atoms with Gasteiger partial charge >= 0.3 is 0 Å². The number of hydrogen-bond donors (Lipinski definition) is 2. The van der Waals surface area contributed by atoms with Crippen molar-refractivity contribution in [3.63, 3.8) is 0 Å². The minimum atomic E-state index is -0.726. The van der Waals surface area contributed by atoms with Crippen LogP contribution < -0.4 is 5.73 Å². The Morgan fingerprint density at radius 1 is 1.16 bits per heavy atom. The molecule has 0 unspecified atom stereocenters. The second-order valence-electron chi connectivity index (χ2n) is 8.34. The van der Waals surface area contributed by atoms with Gasteiger partial charge in [0.2, 0.25) is 0 Å². The number of hydrogen-bond acceptors (Lipinski definition) is 5.